The van der Waals surface area contributed by atoms with E-state index >= 15 is 0 Å². The van der Waals surface area contributed by atoms with Crippen molar-refractivity contribution in [1.29, 1.82) is 0 Å². The van der Waals surface area contributed by atoms with E-state index in [0.29, 0.717) is 0 Å². The van der Waals surface area contributed by atoms with Crippen molar-refractivity contribution in [3.8, 4) is 0 Å². The van der Waals surface area contributed by atoms with Crippen LogP contribution < -0.4 is 0 Å². The SMILES string of the molecule is CC1(F)OC(C(F)F)(C(F)(F)F)OC1(C)F. The minimum atomic E-state index is -5.77. The molecule has 0 radical (unpaired) electrons. The molecule has 0 spiro atoms. The summed E-state index contributed by atoms with van der Waals surface area (Å²) in [5.74, 6) is -11.8. The second kappa shape index (κ2) is 3.22. The normalized spacial score (nSPS) is 45.4. The topological polar surface area (TPSA) is 18.5 Å². The van der Waals surface area contributed by atoms with Crippen LogP contribution >= 0.6 is 0 Å². The Bertz CT molecular complexity index is 267. The van der Waals surface area contributed by atoms with Gasteiger partial charge in [0.25, 0.3) is 11.7 Å². The van der Waals surface area contributed by atoms with Gasteiger partial charge in [0.1, 0.15) is 0 Å². The Kier molecular flexibility index (Phi) is 2.72. The third kappa shape index (κ3) is 1.65. The van der Waals surface area contributed by atoms with Gasteiger partial charge in [0, 0.05) is 13.8 Å². The van der Waals surface area contributed by atoms with Crippen molar-refractivity contribution in [2.75, 3.05) is 0 Å². The number of alkyl halides is 7. The van der Waals surface area contributed by atoms with Gasteiger partial charge in [0.15, 0.2) is 0 Å². The van der Waals surface area contributed by atoms with E-state index in [2.05, 4.69) is 9.47 Å². The van der Waals surface area contributed by atoms with Crippen LogP contribution in [0.25, 0.3) is 0 Å². The summed E-state index contributed by atoms with van der Waals surface area (Å²) in [5, 5.41) is 0. The first kappa shape index (κ1) is 13.5. The fraction of sp³-hybridized carbons (Fsp3) is 1.00. The van der Waals surface area contributed by atoms with Gasteiger partial charge >= 0.3 is 18.4 Å². The van der Waals surface area contributed by atoms with Crippen LogP contribution in [-0.4, -0.2) is 30.1 Å². The highest BCUT2D eigenvalue weighted by molar-refractivity contribution is 4.97. The van der Waals surface area contributed by atoms with Gasteiger partial charge in [-0.2, -0.15) is 13.2 Å². The first-order valence-corrected chi connectivity index (χ1v) is 3.99. The average molecular weight is 256 g/mol. The monoisotopic (exact) mass is 256 g/mol. The maximum absolute atomic E-state index is 13.2. The predicted octanol–water partition coefficient (Wildman–Crippen LogP) is 2.93. The van der Waals surface area contributed by atoms with E-state index in [1.807, 2.05) is 0 Å². The quantitative estimate of drug-likeness (QED) is 0.671. The molecule has 2 atom stereocenters. The summed E-state index contributed by atoms with van der Waals surface area (Å²) in [4.78, 5) is 0. The van der Waals surface area contributed by atoms with Crippen LogP contribution in [0.4, 0.5) is 30.7 Å². The van der Waals surface area contributed by atoms with E-state index in [1.54, 1.807) is 0 Å². The van der Waals surface area contributed by atoms with E-state index < -0.39 is 30.1 Å². The van der Waals surface area contributed by atoms with Crippen LogP contribution in [0, 0.1) is 0 Å². The van der Waals surface area contributed by atoms with Crippen LogP contribution in [0.2, 0.25) is 0 Å². The molecule has 0 aromatic rings. The lowest BCUT2D eigenvalue weighted by atomic mass is 10.2. The lowest BCUT2D eigenvalue weighted by Crippen LogP contribution is -2.53. The highest BCUT2D eigenvalue weighted by Crippen LogP contribution is 2.54. The highest BCUT2D eigenvalue weighted by atomic mass is 19.4. The molecule has 9 heteroatoms. The first-order chi connectivity index (χ1) is 6.86. The minimum absolute atomic E-state index is 0.239. The predicted molar refractivity (Wildman–Crippen MR) is 36.0 cm³/mol. The van der Waals surface area contributed by atoms with E-state index in [9.17, 15) is 30.7 Å². The summed E-state index contributed by atoms with van der Waals surface area (Å²) in [5.41, 5.74) is 0. The molecule has 0 aromatic heterocycles. The van der Waals surface area contributed by atoms with Gasteiger partial charge in [-0.05, 0) is 0 Å². The molecule has 0 saturated carbocycles. The molecule has 1 aliphatic heterocycles. The molecule has 1 heterocycles. The standard InChI is InChI=1S/C7H7F7O2/c1-4(10)5(2,11)16-6(15-4,3(8)9)7(12,13)14/h3H,1-2H3. The maximum Gasteiger partial charge on any atom is 0.449 e. The van der Waals surface area contributed by atoms with Crippen molar-refractivity contribution in [1.82, 2.24) is 0 Å². The Hall–Kier alpha value is -0.570. The molecule has 2 nitrogen and oxygen atoms in total. The molecule has 0 aromatic carbocycles. The van der Waals surface area contributed by atoms with Crippen LogP contribution in [0.5, 0.6) is 0 Å². The summed E-state index contributed by atoms with van der Waals surface area (Å²) in [6, 6.07) is 0. The third-order valence-electron chi connectivity index (χ3n) is 2.17. The van der Waals surface area contributed by atoms with Gasteiger partial charge in [-0.1, -0.05) is 0 Å². The molecular formula is C7H7F7O2. The average Bonchev–Trinajstić information content (AvgIpc) is 2.17. The number of rotatable bonds is 1. The summed E-state index contributed by atoms with van der Waals surface area (Å²) in [6.45, 7) is 0.478. The zero-order valence-corrected chi connectivity index (χ0v) is 8.04. The third-order valence-corrected chi connectivity index (χ3v) is 2.17. The van der Waals surface area contributed by atoms with Crippen molar-refractivity contribution in [2.45, 2.75) is 43.9 Å². The molecule has 0 bridgehead atoms. The Balaban J connectivity index is 3.21. The van der Waals surface area contributed by atoms with E-state index in [-0.39, 0.29) is 13.8 Å². The minimum Gasteiger partial charge on any atom is -0.296 e. The molecule has 1 aliphatic rings. The van der Waals surface area contributed by atoms with Crippen molar-refractivity contribution < 1.29 is 40.2 Å². The Morgan fingerprint density at radius 3 is 1.38 bits per heavy atom. The van der Waals surface area contributed by atoms with Crippen LogP contribution in [0.1, 0.15) is 13.8 Å². The van der Waals surface area contributed by atoms with Gasteiger partial charge in [0.05, 0.1) is 0 Å². The van der Waals surface area contributed by atoms with Gasteiger partial charge in [-0.15, -0.1) is 0 Å². The molecule has 96 valence electrons. The van der Waals surface area contributed by atoms with Crippen LogP contribution in [0.15, 0.2) is 0 Å². The second-order valence-electron chi connectivity index (χ2n) is 3.50. The Morgan fingerprint density at radius 2 is 1.25 bits per heavy atom. The van der Waals surface area contributed by atoms with E-state index in [1.165, 1.54) is 0 Å². The molecule has 0 aliphatic carbocycles. The largest absolute Gasteiger partial charge is 0.449 e. The molecular weight excluding hydrogens is 249 g/mol. The highest BCUT2D eigenvalue weighted by Gasteiger charge is 2.78. The van der Waals surface area contributed by atoms with Gasteiger partial charge in [-0.25, -0.2) is 17.6 Å². The lowest BCUT2D eigenvalue weighted by molar-refractivity contribution is -0.402. The Morgan fingerprint density at radius 1 is 0.938 bits per heavy atom. The van der Waals surface area contributed by atoms with Crippen molar-refractivity contribution in [3.05, 3.63) is 0 Å². The van der Waals surface area contributed by atoms with Crippen LogP contribution in [0.3, 0.4) is 0 Å². The summed E-state index contributed by atoms with van der Waals surface area (Å²) in [6.07, 6.45) is -10.0. The molecule has 2 unspecified atom stereocenters. The first-order valence-electron chi connectivity index (χ1n) is 3.99. The number of hydrogen-bond acceptors (Lipinski definition) is 2. The molecule has 0 amide bonds. The number of halogens is 7. The smallest absolute Gasteiger partial charge is 0.296 e. The number of hydrogen-bond donors (Lipinski definition) is 0. The fourth-order valence-corrected chi connectivity index (χ4v) is 1.10. The molecule has 1 saturated heterocycles. The van der Waals surface area contributed by atoms with E-state index in [4.69, 9.17) is 0 Å². The summed E-state index contributed by atoms with van der Waals surface area (Å²) < 4.78 is 94.7. The van der Waals surface area contributed by atoms with Gasteiger partial charge in [0.2, 0.25) is 0 Å². The maximum atomic E-state index is 13.2. The second-order valence-corrected chi connectivity index (χ2v) is 3.50. The summed E-state index contributed by atoms with van der Waals surface area (Å²) in [7, 11) is 0. The molecule has 0 N–H and O–H groups in total. The molecule has 16 heavy (non-hydrogen) atoms. The van der Waals surface area contributed by atoms with Crippen molar-refractivity contribution in [2.24, 2.45) is 0 Å². The number of ether oxygens (including phenoxy) is 2. The fourth-order valence-electron chi connectivity index (χ4n) is 1.10. The summed E-state index contributed by atoms with van der Waals surface area (Å²) >= 11 is 0. The van der Waals surface area contributed by atoms with Crippen LogP contribution in [-0.2, 0) is 9.47 Å². The zero-order valence-electron chi connectivity index (χ0n) is 8.04. The van der Waals surface area contributed by atoms with Crippen molar-refractivity contribution >= 4 is 0 Å². The zero-order chi connectivity index (χ0) is 13.0. The molecule has 1 rings (SSSR count). The van der Waals surface area contributed by atoms with Gasteiger partial charge < -0.3 is 0 Å². The molecule has 1 fully saturated rings. The van der Waals surface area contributed by atoms with Crippen molar-refractivity contribution in [3.63, 3.8) is 0 Å². The van der Waals surface area contributed by atoms with Gasteiger partial charge in [-0.3, -0.25) is 9.47 Å². The Labute approximate surface area is 85.3 Å². The van der Waals surface area contributed by atoms with E-state index in [0.717, 1.165) is 0 Å². The lowest BCUT2D eigenvalue weighted by Gasteiger charge is -2.28.